The van der Waals surface area contributed by atoms with Crippen LogP contribution in [-0.4, -0.2) is 79.6 Å². The fraction of sp³-hybridized carbons (Fsp3) is 0.682. The van der Waals surface area contributed by atoms with E-state index < -0.39 is 11.7 Å². The number of piperidine rings is 1. The van der Waals surface area contributed by atoms with E-state index in [1.54, 1.807) is 12.1 Å². The highest BCUT2D eigenvalue weighted by Gasteiger charge is 2.47. The molecule has 1 spiro atoms. The molecule has 1 amide bonds. The number of carbonyl (C=O) groups excluding carboxylic acids is 1. The number of rotatable bonds is 3. The topological polar surface area (TPSA) is 36.0 Å². The van der Waals surface area contributed by atoms with Crippen molar-refractivity contribution in [2.75, 3.05) is 53.0 Å². The Morgan fingerprint density at radius 1 is 1.10 bits per heavy atom. The van der Waals surface area contributed by atoms with Gasteiger partial charge in [-0.3, -0.25) is 14.6 Å². The fourth-order valence-corrected chi connectivity index (χ4v) is 5.15. The number of likely N-dealkylation sites (N-methyl/N-ethyl adjacent to an activating group) is 1. The first-order valence-corrected chi connectivity index (χ1v) is 10.7. The third-order valence-corrected chi connectivity index (χ3v) is 6.96. The van der Waals surface area contributed by atoms with Gasteiger partial charge in [0.05, 0.1) is 24.8 Å². The van der Waals surface area contributed by atoms with Crippen molar-refractivity contribution in [1.82, 2.24) is 14.7 Å². The Balaban J connectivity index is 1.31. The fourth-order valence-electron chi connectivity index (χ4n) is 5.15. The third-order valence-electron chi connectivity index (χ3n) is 6.96. The van der Waals surface area contributed by atoms with Gasteiger partial charge in [-0.15, -0.1) is 0 Å². The number of amides is 1. The molecule has 0 saturated carbocycles. The standard InChI is InChI=1S/C22H30F3N3O2/c1-26-16-21(14-19(26)20(29)28-10-12-30-13-11-28)6-8-27(9-7-21)15-17-2-4-18(5-3-17)22(23,24)25/h2-5,19H,6-16H2,1H3. The van der Waals surface area contributed by atoms with Gasteiger partial charge in [-0.2, -0.15) is 13.2 Å². The molecule has 4 rings (SSSR count). The van der Waals surface area contributed by atoms with Crippen LogP contribution >= 0.6 is 0 Å². The van der Waals surface area contributed by atoms with Crippen LogP contribution < -0.4 is 0 Å². The minimum atomic E-state index is -4.29. The highest BCUT2D eigenvalue weighted by Crippen LogP contribution is 2.43. The number of carbonyl (C=O) groups is 1. The molecule has 166 valence electrons. The quantitative estimate of drug-likeness (QED) is 0.746. The Bertz CT molecular complexity index is 739. The summed E-state index contributed by atoms with van der Waals surface area (Å²) < 4.78 is 43.6. The molecule has 3 heterocycles. The first kappa shape index (κ1) is 21.6. The zero-order valence-electron chi connectivity index (χ0n) is 17.5. The Morgan fingerprint density at radius 3 is 2.33 bits per heavy atom. The number of likely N-dealkylation sites (tertiary alicyclic amines) is 2. The molecule has 0 aromatic heterocycles. The average Bonchev–Trinajstić information content (AvgIpc) is 3.05. The van der Waals surface area contributed by atoms with Crippen molar-refractivity contribution in [2.24, 2.45) is 5.41 Å². The second-order valence-corrected chi connectivity index (χ2v) is 9.04. The predicted octanol–water partition coefficient (Wildman–Crippen LogP) is 2.85. The van der Waals surface area contributed by atoms with E-state index in [-0.39, 0.29) is 17.4 Å². The van der Waals surface area contributed by atoms with Gasteiger partial charge in [0.2, 0.25) is 5.91 Å². The van der Waals surface area contributed by atoms with Crippen LogP contribution in [0.5, 0.6) is 0 Å². The lowest BCUT2D eigenvalue weighted by Gasteiger charge is -2.39. The van der Waals surface area contributed by atoms with Crippen molar-refractivity contribution >= 4 is 5.91 Å². The first-order valence-electron chi connectivity index (χ1n) is 10.7. The predicted molar refractivity (Wildman–Crippen MR) is 107 cm³/mol. The maximum Gasteiger partial charge on any atom is 0.416 e. The van der Waals surface area contributed by atoms with Crippen LogP contribution in [0, 0.1) is 5.41 Å². The van der Waals surface area contributed by atoms with Gasteiger partial charge in [0.15, 0.2) is 0 Å². The van der Waals surface area contributed by atoms with E-state index in [1.807, 2.05) is 11.9 Å². The number of morpholine rings is 1. The molecule has 5 nitrogen and oxygen atoms in total. The SMILES string of the molecule is CN1CC2(CCN(Cc3ccc(C(F)(F)F)cc3)CC2)CC1C(=O)N1CCOCC1. The smallest absolute Gasteiger partial charge is 0.378 e. The molecule has 1 aromatic carbocycles. The molecule has 3 saturated heterocycles. The molecular formula is C22H30F3N3O2. The summed E-state index contributed by atoms with van der Waals surface area (Å²) in [4.78, 5) is 19.4. The monoisotopic (exact) mass is 425 g/mol. The minimum absolute atomic E-state index is 0.0513. The lowest BCUT2D eigenvalue weighted by Crippen LogP contribution is -2.48. The molecule has 3 fully saturated rings. The average molecular weight is 425 g/mol. The number of benzene rings is 1. The largest absolute Gasteiger partial charge is 0.416 e. The molecule has 1 unspecified atom stereocenters. The first-order chi connectivity index (χ1) is 14.3. The van der Waals surface area contributed by atoms with Gasteiger partial charge < -0.3 is 9.64 Å². The van der Waals surface area contributed by atoms with Gasteiger partial charge in [-0.25, -0.2) is 0 Å². The van der Waals surface area contributed by atoms with Gasteiger partial charge in [0.1, 0.15) is 0 Å². The summed E-state index contributed by atoms with van der Waals surface area (Å²) in [7, 11) is 2.05. The number of hydrogen-bond acceptors (Lipinski definition) is 4. The van der Waals surface area contributed by atoms with Crippen molar-refractivity contribution in [3.05, 3.63) is 35.4 Å². The third kappa shape index (κ3) is 4.65. The molecule has 30 heavy (non-hydrogen) atoms. The van der Waals surface area contributed by atoms with Crippen LogP contribution in [0.15, 0.2) is 24.3 Å². The van der Waals surface area contributed by atoms with Crippen molar-refractivity contribution in [2.45, 2.75) is 38.0 Å². The van der Waals surface area contributed by atoms with Gasteiger partial charge >= 0.3 is 6.18 Å². The maximum atomic E-state index is 13.0. The van der Waals surface area contributed by atoms with Crippen LogP contribution in [0.25, 0.3) is 0 Å². The highest BCUT2D eigenvalue weighted by atomic mass is 19.4. The number of alkyl halides is 3. The van der Waals surface area contributed by atoms with Crippen LogP contribution in [0.3, 0.4) is 0 Å². The second kappa shape index (κ2) is 8.48. The summed E-state index contributed by atoms with van der Waals surface area (Å²) in [5, 5.41) is 0. The van der Waals surface area contributed by atoms with E-state index in [0.29, 0.717) is 32.8 Å². The van der Waals surface area contributed by atoms with E-state index in [2.05, 4.69) is 9.80 Å². The summed E-state index contributed by atoms with van der Waals surface area (Å²) in [5.74, 6) is 0.227. The molecule has 0 bridgehead atoms. The van der Waals surface area contributed by atoms with E-state index in [0.717, 1.165) is 56.6 Å². The number of ether oxygens (including phenoxy) is 1. The van der Waals surface area contributed by atoms with Gasteiger partial charge in [-0.1, -0.05) is 12.1 Å². The lowest BCUT2D eigenvalue weighted by molar-refractivity contribution is -0.140. The van der Waals surface area contributed by atoms with E-state index in [1.165, 1.54) is 0 Å². The van der Waals surface area contributed by atoms with Gasteiger partial charge in [0, 0.05) is 26.2 Å². The van der Waals surface area contributed by atoms with Crippen molar-refractivity contribution < 1.29 is 22.7 Å². The Labute approximate surface area is 175 Å². The normalized spacial score (nSPS) is 25.7. The second-order valence-electron chi connectivity index (χ2n) is 9.04. The highest BCUT2D eigenvalue weighted by molar-refractivity contribution is 5.82. The summed E-state index contributed by atoms with van der Waals surface area (Å²) in [6.07, 6.45) is -1.36. The maximum absolute atomic E-state index is 13.0. The Kier molecular flexibility index (Phi) is 6.10. The molecule has 3 aliphatic rings. The van der Waals surface area contributed by atoms with Crippen LogP contribution in [-0.2, 0) is 22.3 Å². The minimum Gasteiger partial charge on any atom is -0.378 e. The number of hydrogen-bond donors (Lipinski definition) is 0. The van der Waals surface area contributed by atoms with E-state index in [4.69, 9.17) is 4.74 Å². The molecule has 0 aliphatic carbocycles. The van der Waals surface area contributed by atoms with Gasteiger partial charge in [0.25, 0.3) is 0 Å². The Hall–Kier alpha value is -1.64. The summed E-state index contributed by atoms with van der Waals surface area (Å²) in [6.45, 7) is 6.01. The zero-order chi connectivity index (χ0) is 21.4. The number of nitrogens with zero attached hydrogens (tertiary/aromatic N) is 3. The summed E-state index contributed by atoms with van der Waals surface area (Å²) in [6, 6.07) is 5.43. The lowest BCUT2D eigenvalue weighted by atomic mass is 9.76. The molecule has 3 aliphatic heterocycles. The molecule has 0 N–H and O–H groups in total. The van der Waals surface area contributed by atoms with Crippen molar-refractivity contribution in [3.63, 3.8) is 0 Å². The van der Waals surface area contributed by atoms with Crippen LogP contribution in [0.4, 0.5) is 13.2 Å². The van der Waals surface area contributed by atoms with Crippen LogP contribution in [0.2, 0.25) is 0 Å². The summed E-state index contributed by atoms with van der Waals surface area (Å²) >= 11 is 0. The molecule has 1 aromatic rings. The van der Waals surface area contributed by atoms with Crippen LogP contribution in [0.1, 0.15) is 30.4 Å². The van der Waals surface area contributed by atoms with E-state index >= 15 is 0 Å². The molecular weight excluding hydrogens is 395 g/mol. The van der Waals surface area contributed by atoms with Crippen molar-refractivity contribution in [1.29, 1.82) is 0 Å². The zero-order valence-corrected chi connectivity index (χ0v) is 17.5. The molecule has 1 atom stereocenters. The molecule has 8 heteroatoms. The van der Waals surface area contributed by atoms with Crippen molar-refractivity contribution in [3.8, 4) is 0 Å². The molecule has 0 radical (unpaired) electrons. The summed E-state index contributed by atoms with van der Waals surface area (Å²) in [5.41, 5.74) is 0.467. The number of halogens is 3. The van der Waals surface area contributed by atoms with E-state index in [9.17, 15) is 18.0 Å². The Morgan fingerprint density at radius 2 is 1.73 bits per heavy atom. The van der Waals surface area contributed by atoms with Gasteiger partial charge in [-0.05, 0) is 62.5 Å².